The van der Waals surface area contributed by atoms with E-state index in [2.05, 4.69) is 18.6 Å². The maximum absolute atomic E-state index is 12.2. The van der Waals surface area contributed by atoms with E-state index >= 15 is 0 Å². The van der Waals surface area contributed by atoms with Crippen LogP contribution in [0.25, 0.3) is 0 Å². The van der Waals surface area contributed by atoms with Gasteiger partial charge in [-0.25, -0.2) is 4.98 Å². The van der Waals surface area contributed by atoms with Gasteiger partial charge in [-0.2, -0.15) is 8.75 Å². The molecule has 0 atom stereocenters. The summed E-state index contributed by atoms with van der Waals surface area (Å²) in [6, 6.07) is 1.73. The Bertz CT molecular complexity index is 686. The first kappa shape index (κ1) is 13.9. The van der Waals surface area contributed by atoms with Crippen LogP contribution in [-0.2, 0) is 6.54 Å². The van der Waals surface area contributed by atoms with Crippen molar-refractivity contribution in [2.24, 2.45) is 5.92 Å². The van der Waals surface area contributed by atoms with Crippen molar-refractivity contribution in [3.63, 3.8) is 0 Å². The molecular weight excluding hydrogens is 298 g/mol. The highest BCUT2D eigenvalue weighted by Gasteiger charge is 2.26. The molecule has 2 fully saturated rings. The summed E-state index contributed by atoms with van der Waals surface area (Å²) in [5.41, 5.74) is 1.08. The summed E-state index contributed by atoms with van der Waals surface area (Å²) in [6.45, 7) is 2.75. The average molecular weight is 317 g/mol. The fraction of sp³-hybridized carbons (Fsp3) is 0.600. The Morgan fingerprint density at radius 2 is 2.05 bits per heavy atom. The molecule has 4 rings (SSSR count). The molecule has 3 heterocycles. The lowest BCUT2D eigenvalue weighted by Gasteiger charge is -2.31. The summed E-state index contributed by atoms with van der Waals surface area (Å²) in [4.78, 5) is 18.9. The van der Waals surface area contributed by atoms with Crippen LogP contribution in [0.3, 0.4) is 0 Å². The molecular formula is C15H19N5OS. The fourth-order valence-electron chi connectivity index (χ4n) is 3.10. The lowest BCUT2D eigenvalue weighted by atomic mass is 9.97. The lowest BCUT2D eigenvalue weighted by molar-refractivity contribution is 0.350. The van der Waals surface area contributed by atoms with Crippen molar-refractivity contribution >= 4 is 17.5 Å². The van der Waals surface area contributed by atoms with Crippen molar-refractivity contribution in [3.05, 3.63) is 34.6 Å². The third-order valence-corrected chi connectivity index (χ3v) is 5.11. The average Bonchev–Trinajstić information content (AvgIpc) is 3.25. The number of hydrogen-bond donors (Lipinski definition) is 0. The summed E-state index contributed by atoms with van der Waals surface area (Å²) >= 11 is 1.25. The van der Waals surface area contributed by atoms with Gasteiger partial charge in [0.2, 0.25) is 0 Å². The molecule has 0 spiro atoms. The van der Waals surface area contributed by atoms with Crippen molar-refractivity contribution in [1.82, 2.24) is 18.3 Å². The second-order valence-electron chi connectivity index (χ2n) is 6.27. The smallest absolute Gasteiger partial charge is 0.253 e. The van der Waals surface area contributed by atoms with E-state index in [4.69, 9.17) is 0 Å². The molecule has 0 N–H and O–H groups in total. The summed E-state index contributed by atoms with van der Waals surface area (Å²) < 4.78 is 10.1. The summed E-state index contributed by atoms with van der Waals surface area (Å²) in [5, 5.41) is 0. The molecule has 1 saturated carbocycles. The van der Waals surface area contributed by atoms with Gasteiger partial charge in [-0.15, -0.1) is 0 Å². The Kier molecular flexibility index (Phi) is 3.65. The van der Waals surface area contributed by atoms with Gasteiger partial charge in [0, 0.05) is 31.6 Å². The number of aromatic nitrogens is 4. The highest BCUT2D eigenvalue weighted by Crippen LogP contribution is 2.38. The van der Waals surface area contributed by atoms with E-state index in [1.54, 1.807) is 17.0 Å². The summed E-state index contributed by atoms with van der Waals surface area (Å²) in [6.07, 6.45) is 8.09. The number of anilines is 1. The minimum atomic E-state index is 0.100. The molecule has 0 aromatic carbocycles. The Balaban J connectivity index is 1.37. The van der Waals surface area contributed by atoms with Gasteiger partial charge in [-0.3, -0.25) is 9.36 Å². The van der Waals surface area contributed by atoms with E-state index in [1.807, 2.05) is 6.20 Å². The van der Waals surface area contributed by atoms with Crippen LogP contribution in [0.5, 0.6) is 0 Å². The highest BCUT2D eigenvalue weighted by molar-refractivity contribution is 6.99. The molecule has 2 aromatic rings. The lowest BCUT2D eigenvalue weighted by Crippen LogP contribution is -2.36. The molecule has 6 nitrogen and oxygen atoms in total. The van der Waals surface area contributed by atoms with Gasteiger partial charge >= 0.3 is 0 Å². The van der Waals surface area contributed by atoms with Gasteiger partial charge in [0.05, 0.1) is 29.9 Å². The van der Waals surface area contributed by atoms with Gasteiger partial charge < -0.3 is 4.90 Å². The summed E-state index contributed by atoms with van der Waals surface area (Å²) in [5.74, 6) is 2.06. The van der Waals surface area contributed by atoms with E-state index in [0.29, 0.717) is 11.8 Å². The first-order valence-corrected chi connectivity index (χ1v) is 8.61. The van der Waals surface area contributed by atoms with E-state index in [-0.39, 0.29) is 5.56 Å². The van der Waals surface area contributed by atoms with Gasteiger partial charge in [0.1, 0.15) is 0 Å². The quantitative estimate of drug-likeness (QED) is 0.861. The monoisotopic (exact) mass is 317 g/mol. The first-order valence-electron chi connectivity index (χ1n) is 7.88. The number of hydrogen-bond acceptors (Lipinski definition) is 6. The van der Waals surface area contributed by atoms with Gasteiger partial charge in [0.25, 0.3) is 5.56 Å². The van der Waals surface area contributed by atoms with E-state index in [0.717, 1.165) is 44.0 Å². The second-order valence-corrected chi connectivity index (χ2v) is 6.83. The van der Waals surface area contributed by atoms with Crippen molar-refractivity contribution < 1.29 is 0 Å². The molecule has 116 valence electrons. The molecule has 1 saturated heterocycles. The van der Waals surface area contributed by atoms with Crippen LogP contribution in [0.1, 0.15) is 37.3 Å². The van der Waals surface area contributed by atoms with Gasteiger partial charge in [-0.05, 0) is 31.6 Å². The van der Waals surface area contributed by atoms with E-state index in [1.165, 1.54) is 24.6 Å². The molecule has 1 aliphatic heterocycles. The van der Waals surface area contributed by atoms with Crippen LogP contribution in [0.15, 0.2) is 23.4 Å². The zero-order chi connectivity index (χ0) is 14.9. The van der Waals surface area contributed by atoms with Crippen LogP contribution in [0, 0.1) is 5.92 Å². The Labute approximate surface area is 133 Å². The minimum Gasteiger partial charge on any atom is -0.354 e. The largest absolute Gasteiger partial charge is 0.354 e. The molecule has 0 bridgehead atoms. The molecule has 7 heteroatoms. The molecule has 2 aromatic heterocycles. The predicted molar refractivity (Wildman–Crippen MR) is 85.3 cm³/mol. The van der Waals surface area contributed by atoms with E-state index < -0.39 is 0 Å². The van der Waals surface area contributed by atoms with Crippen LogP contribution in [0.2, 0.25) is 0 Å². The molecule has 1 aliphatic carbocycles. The summed E-state index contributed by atoms with van der Waals surface area (Å²) in [7, 11) is 0. The zero-order valence-electron chi connectivity index (χ0n) is 12.4. The maximum Gasteiger partial charge on any atom is 0.253 e. The van der Waals surface area contributed by atoms with Crippen molar-refractivity contribution in [2.45, 2.75) is 38.1 Å². The van der Waals surface area contributed by atoms with Crippen LogP contribution < -0.4 is 10.5 Å². The number of rotatable bonds is 4. The third-order valence-electron chi connectivity index (χ3n) is 4.64. The fourth-order valence-corrected chi connectivity index (χ4v) is 3.54. The number of nitrogens with zero attached hydrogens (tertiary/aromatic N) is 5. The zero-order valence-corrected chi connectivity index (χ0v) is 13.2. The molecule has 0 radical (unpaired) electrons. The van der Waals surface area contributed by atoms with Crippen LogP contribution in [-0.4, -0.2) is 31.4 Å². The van der Waals surface area contributed by atoms with Crippen molar-refractivity contribution in [1.29, 1.82) is 0 Å². The molecule has 2 aliphatic rings. The maximum atomic E-state index is 12.2. The third kappa shape index (κ3) is 2.90. The van der Waals surface area contributed by atoms with E-state index in [9.17, 15) is 4.79 Å². The first-order chi connectivity index (χ1) is 10.8. The Hall–Kier alpha value is -1.76. The predicted octanol–water partition coefficient (Wildman–Crippen LogP) is 1.89. The van der Waals surface area contributed by atoms with Crippen molar-refractivity contribution in [3.8, 4) is 0 Å². The van der Waals surface area contributed by atoms with Crippen LogP contribution >= 0.6 is 11.7 Å². The minimum absolute atomic E-state index is 0.100. The van der Waals surface area contributed by atoms with Crippen LogP contribution in [0.4, 0.5) is 5.82 Å². The molecule has 22 heavy (non-hydrogen) atoms. The highest BCUT2D eigenvalue weighted by atomic mass is 32.1. The number of piperidine rings is 1. The SMILES string of the molecule is O=c1cc(C2CC2)ncn1CC1CCN(c2cnsn2)CC1. The topological polar surface area (TPSA) is 63.9 Å². The van der Waals surface area contributed by atoms with Gasteiger partial charge in [0.15, 0.2) is 5.82 Å². The Morgan fingerprint density at radius 3 is 2.68 bits per heavy atom. The van der Waals surface area contributed by atoms with Gasteiger partial charge in [-0.1, -0.05) is 0 Å². The molecule has 0 unspecified atom stereocenters. The second kappa shape index (κ2) is 5.79. The molecule has 0 amide bonds. The Morgan fingerprint density at radius 1 is 1.23 bits per heavy atom. The van der Waals surface area contributed by atoms with Crippen molar-refractivity contribution in [2.75, 3.05) is 18.0 Å². The standard InChI is InChI=1S/C15H19N5OS/c21-15-7-13(12-1-2-12)16-10-20(15)9-11-3-5-19(6-4-11)14-8-17-22-18-14/h7-8,10-12H,1-6,9H2. The normalized spacial score (nSPS) is 19.5.